The molecule has 0 saturated carbocycles. The smallest absolute Gasteiger partial charge is 0.115 e. The Kier molecular flexibility index (Phi) is 3.58. The Morgan fingerprint density at radius 2 is 2.05 bits per heavy atom. The van der Waals surface area contributed by atoms with Crippen LogP contribution in [-0.4, -0.2) is 5.11 Å². The lowest BCUT2D eigenvalue weighted by atomic mass is 9.87. The van der Waals surface area contributed by atoms with Crippen LogP contribution in [0, 0.1) is 6.92 Å². The van der Waals surface area contributed by atoms with Gasteiger partial charge in [0.05, 0.1) is 16.8 Å². The van der Waals surface area contributed by atoms with E-state index in [0.717, 1.165) is 30.0 Å². The van der Waals surface area contributed by atoms with Crippen LogP contribution in [0.4, 0.5) is 5.69 Å². The molecule has 2 aromatic rings. The molecule has 1 atom stereocenters. The lowest BCUT2D eigenvalue weighted by Gasteiger charge is -2.28. The zero-order chi connectivity index (χ0) is 14.1. The molecule has 0 radical (unpaired) electrons. The van der Waals surface area contributed by atoms with Crippen LogP contribution in [0.25, 0.3) is 0 Å². The molecule has 0 amide bonds. The minimum atomic E-state index is 0.263. The lowest BCUT2D eigenvalue weighted by Crippen LogP contribution is -2.17. The second kappa shape index (κ2) is 5.37. The Balaban J connectivity index is 1.91. The molecule has 0 aliphatic heterocycles. The molecule has 1 aliphatic carbocycles. The van der Waals surface area contributed by atoms with Crippen LogP contribution in [0.3, 0.4) is 0 Å². The maximum absolute atomic E-state index is 9.60. The summed E-state index contributed by atoms with van der Waals surface area (Å²) in [6, 6.07) is 11.9. The monoisotopic (exact) mass is 287 g/mol. The van der Waals surface area contributed by atoms with Crippen molar-refractivity contribution >= 4 is 17.3 Å². The van der Waals surface area contributed by atoms with Crippen molar-refractivity contribution in [1.82, 2.24) is 0 Å². The molecule has 3 rings (SSSR count). The van der Waals surface area contributed by atoms with Gasteiger partial charge < -0.3 is 10.4 Å². The number of anilines is 1. The summed E-state index contributed by atoms with van der Waals surface area (Å²) in [5, 5.41) is 13.9. The van der Waals surface area contributed by atoms with Crippen LogP contribution in [0.2, 0.25) is 5.02 Å². The van der Waals surface area contributed by atoms with Gasteiger partial charge in [-0.3, -0.25) is 0 Å². The van der Waals surface area contributed by atoms with Crippen LogP contribution in [0.1, 0.15) is 35.6 Å². The molecule has 2 nitrogen and oxygen atoms in total. The van der Waals surface area contributed by atoms with Gasteiger partial charge in [0.15, 0.2) is 0 Å². The summed E-state index contributed by atoms with van der Waals surface area (Å²) >= 11 is 6.27. The minimum absolute atomic E-state index is 0.263. The third-order valence-electron chi connectivity index (χ3n) is 3.89. The van der Waals surface area contributed by atoms with Crippen molar-refractivity contribution in [2.75, 3.05) is 5.32 Å². The van der Waals surface area contributed by atoms with Crippen molar-refractivity contribution in [2.45, 2.75) is 32.2 Å². The highest BCUT2D eigenvalue weighted by Gasteiger charge is 2.21. The van der Waals surface area contributed by atoms with E-state index in [4.69, 9.17) is 11.6 Å². The fraction of sp³-hybridized carbons (Fsp3) is 0.294. The van der Waals surface area contributed by atoms with Crippen LogP contribution >= 0.6 is 11.6 Å². The third-order valence-corrected chi connectivity index (χ3v) is 4.22. The van der Waals surface area contributed by atoms with Gasteiger partial charge in [-0.25, -0.2) is 0 Å². The molecule has 0 spiro atoms. The summed E-state index contributed by atoms with van der Waals surface area (Å²) in [5.74, 6) is 0.345. The van der Waals surface area contributed by atoms with E-state index in [1.165, 1.54) is 16.7 Å². The number of aryl methyl sites for hydroxylation is 2. The second-order valence-electron chi connectivity index (χ2n) is 5.46. The fourth-order valence-corrected chi connectivity index (χ4v) is 3.06. The fourth-order valence-electron chi connectivity index (χ4n) is 2.89. The molecule has 1 aliphatic rings. The Labute approximate surface area is 124 Å². The first kappa shape index (κ1) is 13.3. The van der Waals surface area contributed by atoms with E-state index in [2.05, 4.69) is 18.3 Å². The summed E-state index contributed by atoms with van der Waals surface area (Å²) in [5.41, 5.74) is 4.68. The van der Waals surface area contributed by atoms with Gasteiger partial charge in [0.1, 0.15) is 5.75 Å². The molecule has 0 fully saturated rings. The van der Waals surface area contributed by atoms with Gasteiger partial charge in [0, 0.05) is 0 Å². The Bertz CT molecular complexity index is 639. The largest absolute Gasteiger partial charge is 0.508 e. The van der Waals surface area contributed by atoms with Gasteiger partial charge in [0.2, 0.25) is 0 Å². The van der Waals surface area contributed by atoms with E-state index in [9.17, 15) is 5.11 Å². The van der Waals surface area contributed by atoms with E-state index in [1.807, 2.05) is 24.3 Å². The maximum Gasteiger partial charge on any atom is 0.115 e. The first-order valence-corrected chi connectivity index (χ1v) is 7.36. The van der Waals surface area contributed by atoms with Crippen LogP contribution < -0.4 is 5.32 Å². The highest BCUT2D eigenvalue weighted by Crippen LogP contribution is 2.36. The van der Waals surface area contributed by atoms with Crippen molar-refractivity contribution in [3.63, 3.8) is 0 Å². The highest BCUT2D eigenvalue weighted by atomic mass is 35.5. The van der Waals surface area contributed by atoms with Crippen molar-refractivity contribution in [2.24, 2.45) is 0 Å². The zero-order valence-electron chi connectivity index (χ0n) is 11.5. The Hall–Kier alpha value is -1.67. The second-order valence-corrected chi connectivity index (χ2v) is 5.86. The first-order chi connectivity index (χ1) is 9.63. The standard InChI is InChI=1S/C17H18ClNO/c1-11-5-8-15(18)17(9-11)19-16-4-2-3-12-10-13(20)6-7-14(12)16/h5-10,16,19-20H,2-4H2,1H3. The average Bonchev–Trinajstić information content (AvgIpc) is 2.43. The topological polar surface area (TPSA) is 32.3 Å². The summed E-state index contributed by atoms with van der Waals surface area (Å²) in [6.45, 7) is 2.06. The number of aromatic hydroxyl groups is 1. The molecule has 20 heavy (non-hydrogen) atoms. The zero-order valence-corrected chi connectivity index (χ0v) is 12.2. The molecule has 2 aromatic carbocycles. The molecular formula is C17H18ClNO. The number of rotatable bonds is 2. The highest BCUT2D eigenvalue weighted by molar-refractivity contribution is 6.33. The minimum Gasteiger partial charge on any atom is -0.508 e. The summed E-state index contributed by atoms with van der Waals surface area (Å²) in [7, 11) is 0. The Morgan fingerprint density at radius 3 is 2.90 bits per heavy atom. The van der Waals surface area contributed by atoms with Gasteiger partial charge in [-0.2, -0.15) is 0 Å². The van der Waals surface area contributed by atoms with E-state index < -0.39 is 0 Å². The van der Waals surface area contributed by atoms with E-state index in [1.54, 1.807) is 6.07 Å². The van der Waals surface area contributed by atoms with Crippen molar-refractivity contribution < 1.29 is 5.11 Å². The lowest BCUT2D eigenvalue weighted by molar-refractivity contribution is 0.472. The summed E-state index contributed by atoms with van der Waals surface area (Å²) in [4.78, 5) is 0. The number of nitrogens with one attached hydrogen (secondary N) is 1. The van der Waals surface area contributed by atoms with E-state index in [-0.39, 0.29) is 6.04 Å². The molecule has 0 heterocycles. The van der Waals surface area contributed by atoms with Gasteiger partial charge in [0.25, 0.3) is 0 Å². The number of fused-ring (bicyclic) bond motifs is 1. The summed E-state index contributed by atoms with van der Waals surface area (Å²) in [6.07, 6.45) is 3.24. The van der Waals surface area contributed by atoms with Crippen molar-refractivity contribution in [3.05, 3.63) is 58.1 Å². The normalized spacial score (nSPS) is 17.6. The van der Waals surface area contributed by atoms with E-state index >= 15 is 0 Å². The average molecular weight is 288 g/mol. The number of hydrogen-bond acceptors (Lipinski definition) is 2. The number of halogens is 1. The number of hydrogen-bond donors (Lipinski definition) is 2. The van der Waals surface area contributed by atoms with Gasteiger partial charge in [-0.1, -0.05) is 23.7 Å². The van der Waals surface area contributed by atoms with Crippen LogP contribution in [-0.2, 0) is 6.42 Å². The quantitative estimate of drug-likeness (QED) is 0.828. The predicted octanol–water partition coefficient (Wildman–Crippen LogP) is 4.84. The molecule has 2 N–H and O–H groups in total. The molecule has 3 heteroatoms. The predicted molar refractivity (Wildman–Crippen MR) is 83.6 cm³/mol. The summed E-state index contributed by atoms with van der Waals surface area (Å²) < 4.78 is 0. The molecule has 0 aromatic heterocycles. The van der Waals surface area contributed by atoms with Crippen LogP contribution in [0.15, 0.2) is 36.4 Å². The van der Waals surface area contributed by atoms with E-state index in [0.29, 0.717) is 5.75 Å². The van der Waals surface area contributed by atoms with Crippen molar-refractivity contribution in [1.29, 1.82) is 0 Å². The van der Waals surface area contributed by atoms with Crippen LogP contribution in [0.5, 0.6) is 5.75 Å². The van der Waals surface area contributed by atoms with Gasteiger partial charge in [-0.05, 0) is 67.1 Å². The molecule has 0 saturated heterocycles. The maximum atomic E-state index is 9.60. The third kappa shape index (κ3) is 2.61. The SMILES string of the molecule is Cc1ccc(Cl)c(NC2CCCc3cc(O)ccc32)c1. The number of phenolic OH excluding ortho intramolecular Hbond substituents is 1. The Morgan fingerprint density at radius 1 is 1.20 bits per heavy atom. The molecule has 1 unspecified atom stereocenters. The van der Waals surface area contributed by atoms with Gasteiger partial charge >= 0.3 is 0 Å². The molecule has 104 valence electrons. The number of benzene rings is 2. The molecule has 0 bridgehead atoms. The first-order valence-electron chi connectivity index (χ1n) is 6.98. The number of phenols is 1. The van der Waals surface area contributed by atoms with Gasteiger partial charge in [-0.15, -0.1) is 0 Å². The molecular weight excluding hydrogens is 270 g/mol. The van der Waals surface area contributed by atoms with Crippen molar-refractivity contribution in [3.8, 4) is 5.75 Å².